The first kappa shape index (κ1) is 23.5. The molecule has 9 heteroatoms. The molecule has 0 bridgehead atoms. The van der Waals surface area contributed by atoms with Gasteiger partial charge in [-0.2, -0.15) is 0 Å². The van der Waals surface area contributed by atoms with Crippen molar-refractivity contribution in [1.29, 1.82) is 0 Å². The van der Waals surface area contributed by atoms with Crippen molar-refractivity contribution in [2.75, 3.05) is 25.1 Å². The number of hydrogen-bond acceptors (Lipinski definition) is 8. The molecule has 2 aromatic rings. The van der Waals surface area contributed by atoms with Crippen LogP contribution < -0.4 is 14.8 Å². The molecule has 2 aromatic carbocycles. The second-order valence-corrected chi connectivity index (χ2v) is 6.83. The molecular weight excluding hydrogens is 428 g/mol. The molecule has 3 rings (SSSR count). The normalized spacial score (nSPS) is 13.8. The first-order valence-corrected chi connectivity index (χ1v) is 10.4. The molecule has 172 valence electrons. The zero-order valence-electron chi connectivity index (χ0n) is 18.5. The lowest BCUT2D eigenvalue weighted by atomic mass is 10.1. The van der Waals surface area contributed by atoms with Gasteiger partial charge in [0.2, 0.25) is 11.8 Å². The van der Waals surface area contributed by atoms with E-state index in [0.29, 0.717) is 34.9 Å². The first-order chi connectivity index (χ1) is 15.9. The number of esters is 2. The van der Waals surface area contributed by atoms with Crippen molar-refractivity contribution in [2.45, 2.75) is 20.8 Å². The third-order valence-electron chi connectivity index (χ3n) is 4.29. The first-order valence-electron chi connectivity index (χ1n) is 10.4. The van der Waals surface area contributed by atoms with Crippen LogP contribution in [-0.4, -0.2) is 43.6 Å². The highest BCUT2D eigenvalue weighted by Gasteiger charge is 2.24. The Kier molecular flexibility index (Phi) is 7.80. The molecule has 1 heterocycles. The van der Waals surface area contributed by atoms with Gasteiger partial charge in [0, 0.05) is 18.2 Å². The standard InChI is InChI=1S/C24H24N2O7/c1-4-30-21-13-16(6-11-20(21)32-14-22(28)31-5-2)12-19-24(29)33-23(26-19)17-7-9-18(10-8-17)25-15(3)27/h6-13H,4-5,14H2,1-3H3,(H,25,27)/b19-12-. The Morgan fingerprint density at radius 1 is 1.03 bits per heavy atom. The zero-order valence-corrected chi connectivity index (χ0v) is 18.5. The van der Waals surface area contributed by atoms with Crippen LogP contribution in [0.2, 0.25) is 0 Å². The van der Waals surface area contributed by atoms with Gasteiger partial charge >= 0.3 is 11.9 Å². The molecule has 0 spiro atoms. The average molecular weight is 452 g/mol. The van der Waals surface area contributed by atoms with Gasteiger partial charge in [-0.3, -0.25) is 4.79 Å². The maximum Gasteiger partial charge on any atom is 0.363 e. The molecule has 1 aliphatic rings. The SMILES string of the molecule is CCOC(=O)COc1ccc(/C=C2\N=C(c3ccc(NC(C)=O)cc3)OC2=O)cc1OCC. The van der Waals surface area contributed by atoms with Gasteiger partial charge in [0.25, 0.3) is 0 Å². The van der Waals surface area contributed by atoms with Crippen molar-refractivity contribution in [3.8, 4) is 11.5 Å². The zero-order chi connectivity index (χ0) is 23.8. The molecule has 0 unspecified atom stereocenters. The van der Waals surface area contributed by atoms with Crippen molar-refractivity contribution in [3.05, 3.63) is 59.3 Å². The highest BCUT2D eigenvalue weighted by Crippen LogP contribution is 2.30. The predicted molar refractivity (Wildman–Crippen MR) is 121 cm³/mol. The summed E-state index contributed by atoms with van der Waals surface area (Å²) >= 11 is 0. The van der Waals surface area contributed by atoms with Crippen LogP contribution in [0.3, 0.4) is 0 Å². The van der Waals surface area contributed by atoms with E-state index in [1.54, 1.807) is 55.5 Å². The Labute approximate surface area is 191 Å². The Hall–Kier alpha value is -4.14. The summed E-state index contributed by atoms with van der Waals surface area (Å²) < 4.78 is 21.2. The second-order valence-electron chi connectivity index (χ2n) is 6.83. The van der Waals surface area contributed by atoms with Gasteiger partial charge in [-0.25, -0.2) is 14.6 Å². The van der Waals surface area contributed by atoms with Crippen molar-refractivity contribution < 1.29 is 33.3 Å². The van der Waals surface area contributed by atoms with Crippen LogP contribution in [0.5, 0.6) is 11.5 Å². The van der Waals surface area contributed by atoms with E-state index < -0.39 is 11.9 Å². The van der Waals surface area contributed by atoms with Gasteiger partial charge in [-0.1, -0.05) is 6.07 Å². The minimum absolute atomic E-state index is 0.124. The second kappa shape index (κ2) is 10.9. The van der Waals surface area contributed by atoms with Gasteiger partial charge < -0.3 is 24.3 Å². The number of rotatable bonds is 9. The van der Waals surface area contributed by atoms with Crippen molar-refractivity contribution in [3.63, 3.8) is 0 Å². The van der Waals surface area contributed by atoms with Gasteiger partial charge in [0.05, 0.1) is 13.2 Å². The van der Waals surface area contributed by atoms with Gasteiger partial charge in [-0.15, -0.1) is 0 Å². The molecule has 33 heavy (non-hydrogen) atoms. The van der Waals surface area contributed by atoms with Crippen molar-refractivity contribution >= 4 is 35.5 Å². The minimum Gasteiger partial charge on any atom is -0.490 e. The van der Waals surface area contributed by atoms with E-state index in [9.17, 15) is 14.4 Å². The van der Waals surface area contributed by atoms with Crippen molar-refractivity contribution in [2.24, 2.45) is 4.99 Å². The van der Waals surface area contributed by atoms with Crippen LogP contribution in [0, 0.1) is 0 Å². The van der Waals surface area contributed by atoms with E-state index in [2.05, 4.69) is 10.3 Å². The number of anilines is 1. The molecule has 0 saturated carbocycles. The minimum atomic E-state index is -0.587. The lowest BCUT2D eigenvalue weighted by Crippen LogP contribution is -2.15. The van der Waals surface area contributed by atoms with Gasteiger partial charge in [0.1, 0.15) is 0 Å². The number of hydrogen-bond donors (Lipinski definition) is 1. The molecule has 9 nitrogen and oxygen atoms in total. The van der Waals surface area contributed by atoms with E-state index in [1.807, 2.05) is 6.92 Å². The Balaban J connectivity index is 1.79. The molecule has 0 aromatic heterocycles. The fourth-order valence-corrected chi connectivity index (χ4v) is 2.93. The number of aliphatic imine (C=N–C) groups is 1. The highest BCUT2D eigenvalue weighted by molar-refractivity contribution is 6.13. The summed E-state index contributed by atoms with van der Waals surface area (Å²) in [6, 6.07) is 11.8. The quantitative estimate of drug-likeness (QED) is 0.459. The number of cyclic esters (lactones) is 1. The molecule has 0 saturated heterocycles. The van der Waals surface area contributed by atoms with Crippen LogP contribution in [-0.2, 0) is 23.9 Å². The fourth-order valence-electron chi connectivity index (χ4n) is 2.93. The van der Waals surface area contributed by atoms with Crippen LogP contribution in [0.25, 0.3) is 6.08 Å². The Morgan fingerprint density at radius 3 is 2.45 bits per heavy atom. The number of nitrogens with zero attached hydrogens (tertiary/aromatic N) is 1. The summed E-state index contributed by atoms with van der Waals surface area (Å²) in [6.07, 6.45) is 1.57. The lowest BCUT2D eigenvalue weighted by molar-refractivity contribution is -0.145. The van der Waals surface area contributed by atoms with E-state index in [1.165, 1.54) is 6.92 Å². The van der Waals surface area contributed by atoms with Crippen LogP contribution in [0.15, 0.2) is 53.2 Å². The number of amides is 1. The monoisotopic (exact) mass is 452 g/mol. The number of benzene rings is 2. The highest BCUT2D eigenvalue weighted by atomic mass is 16.6. The summed E-state index contributed by atoms with van der Waals surface area (Å²) in [5.41, 5.74) is 1.98. The number of carbonyl (C=O) groups is 3. The van der Waals surface area contributed by atoms with E-state index in [4.69, 9.17) is 18.9 Å². The maximum absolute atomic E-state index is 12.3. The summed E-state index contributed by atoms with van der Waals surface area (Å²) in [7, 11) is 0. The molecule has 1 aliphatic heterocycles. The number of carbonyl (C=O) groups excluding carboxylic acids is 3. The fraction of sp³-hybridized carbons (Fsp3) is 0.250. The summed E-state index contributed by atoms with van der Waals surface area (Å²) in [5, 5.41) is 2.67. The third kappa shape index (κ3) is 6.42. The smallest absolute Gasteiger partial charge is 0.363 e. The van der Waals surface area contributed by atoms with E-state index in [0.717, 1.165) is 0 Å². The predicted octanol–water partition coefficient (Wildman–Crippen LogP) is 3.33. The largest absolute Gasteiger partial charge is 0.490 e. The molecule has 0 fully saturated rings. The molecule has 0 radical (unpaired) electrons. The van der Waals surface area contributed by atoms with Crippen LogP contribution >= 0.6 is 0 Å². The maximum atomic E-state index is 12.3. The number of nitrogens with one attached hydrogen (secondary N) is 1. The number of ether oxygens (including phenoxy) is 4. The average Bonchev–Trinajstić information content (AvgIpc) is 3.14. The Bertz CT molecular complexity index is 1100. The summed E-state index contributed by atoms with van der Waals surface area (Å²) in [6.45, 7) is 5.37. The molecule has 0 atom stereocenters. The van der Waals surface area contributed by atoms with Crippen LogP contribution in [0.1, 0.15) is 31.9 Å². The Morgan fingerprint density at radius 2 is 1.79 bits per heavy atom. The van der Waals surface area contributed by atoms with Crippen LogP contribution in [0.4, 0.5) is 5.69 Å². The lowest BCUT2D eigenvalue weighted by Gasteiger charge is -2.12. The molecule has 1 amide bonds. The van der Waals surface area contributed by atoms with Crippen molar-refractivity contribution in [1.82, 2.24) is 0 Å². The van der Waals surface area contributed by atoms with E-state index >= 15 is 0 Å². The third-order valence-corrected chi connectivity index (χ3v) is 4.29. The summed E-state index contributed by atoms with van der Waals surface area (Å²) in [5.74, 6) is -0.283. The topological polar surface area (TPSA) is 113 Å². The summed E-state index contributed by atoms with van der Waals surface area (Å²) in [4.78, 5) is 39.3. The molecule has 0 aliphatic carbocycles. The van der Waals surface area contributed by atoms with E-state index in [-0.39, 0.29) is 30.7 Å². The van der Waals surface area contributed by atoms with Gasteiger partial charge in [0.15, 0.2) is 23.8 Å². The molecular formula is C24H24N2O7. The van der Waals surface area contributed by atoms with Gasteiger partial charge in [-0.05, 0) is 61.9 Å². The molecule has 1 N–H and O–H groups in total.